The van der Waals surface area contributed by atoms with Crippen LogP contribution in [-0.2, 0) is 24.1 Å². The Bertz CT molecular complexity index is 399. The van der Waals surface area contributed by atoms with E-state index in [9.17, 15) is 13.2 Å². The van der Waals surface area contributed by atoms with Crippen LogP contribution in [0.2, 0.25) is 0 Å². The largest absolute Gasteiger partial charge is 0.466 e. The number of ether oxygens (including phenoxy) is 1. The average molecular weight is 375 g/mol. The van der Waals surface area contributed by atoms with E-state index in [4.69, 9.17) is 9.29 Å². The zero-order valence-electron chi connectivity index (χ0n) is 15.5. The van der Waals surface area contributed by atoms with E-state index >= 15 is 0 Å². The minimum absolute atomic E-state index is 0. The van der Waals surface area contributed by atoms with E-state index in [0.29, 0.717) is 6.61 Å². The molecule has 0 aromatic carbocycles. The van der Waals surface area contributed by atoms with Gasteiger partial charge in [-0.05, 0) is 13.3 Å². The number of hydrogen-bond donors (Lipinski definition) is 1. The van der Waals surface area contributed by atoms with Crippen LogP contribution in [0.4, 0.5) is 0 Å². The molecule has 139 valence electrons. The van der Waals surface area contributed by atoms with Gasteiger partial charge in [-0.3, -0.25) is 9.35 Å². The van der Waals surface area contributed by atoms with Crippen molar-refractivity contribution in [2.75, 3.05) is 6.61 Å². The van der Waals surface area contributed by atoms with Gasteiger partial charge in [0.25, 0.3) is 0 Å². The second kappa shape index (κ2) is 16.8. The summed E-state index contributed by atoms with van der Waals surface area (Å²) in [7, 11) is -4.52. The number of esters is 1. The summed E-state index contributed by atoms with van der Waals surface area (Å²) in [5.41, 5.74) is 0. The smallest absolute Gasteiger partial charge is 0.397 e. The Morgan fingerprint density at radius 3 is 1.88 bits per heavy atom. The Morgan fingerprint density at radius 2 is 1.42 bits per heavy atom. The Kier molecular flexibility index (Phi) is 18.6. The standard InChI is InChI=1S/C16H32O6S.Na/c1-3-4-5-6-7-8-9-10-11-12-13-21-16(17)14-15(2)22-23(18,19)20;/h15H,3-14H2,1-2H3,(H,18,19,20);. The summed E-state index contributed by atoms with van der Waals surface area (Å²) < 4.78 is 38.6. The van der Waals surface area contributed by atoms with E-state index in [1.165, 1.54) is 51.9 Å². The van der Waals surface area contributed by atoms with Crippen molar-refractivity contribution in [2.45, 2.75) is 90.6 Å². The Morgan fingerprint density at radius 1 is 0.958 bits per heavy atom. The molecule has 0 spiro atoms. The van der Waals surface area contributed by atoms with Crippen LogP contribution >= 0.6 is 0 Å². The summed E-state index contributed by atoms with van der Waals surface area (Å²) in [6.45, 7) is 3.94. The second-order valence-electron chi connectivity index (χ2n) is 5.94. The first kappa shape index (κ1) is 26.6. The van der Waals surface area contributed by atoms with Crippen molar-refractivity contribution in [3.05, 3.63) is 0 Å². The van der Waals surface area contributed by atoms with Crippen molar-refractivity contribution in [3.8, 4) is 0 Å². The van der Waals surface area contributed by atoms with Crippen LogP contribution in [0.15, 0.2) is 0 Å². The molecule has 0 rings (SSSR count). The zero-order chi connectivity index (χ0) is 17.6. The first-order valence-electron chi connectivity index (χ1n) is 8.66. The molecule has 0 fully saturated rings. The van der Waals surface area contributed by atoms with Gasteiger partial charge in [0.1, 0.15) is 0 Å². The van der Waals surface area contributed by atoms with Crippen molar-refractivity contribution in [1.82, 2.24) is 0 Å². The SMILES string of the molecule is CCCCCCCCCCCCOC(=O)CC(C)OS(=O)(=O)O.[Na]. The molecule has 0 aliphatic heterocycles. The molecule has 1 N–H and O–H groups in total. The van der Waals surface area contributed by atoms with Gasteiger partial charge in [0.2, 0.25) is 0 Å². The quantitative estimate of drug-likeness (QED) is 0.203. The fourth-order valence-electron chi connectivity index (χ4n) is 2.31. The molecule has 0 aliphatic carbocycles. The second-order valence-corrected chi connectivity index (χ2v) is 6.99. The normalized spacial score (nSPS) is 12.5. The molecule has 0 bridgehead atoms. The van der Waals surface area contributed by atoms with Crippen LogP contribution in [0.25, 0.3) is 0 Å². The molecule has 1 unspecified atom stereocenters. The van der Waals surface area contributed by atoms with Crippen LogP contribution in [-0.4, -0.2) is 61.2 Å². The summed E-state index contributed by atoms with van der Waals surface area (Å²) in [5.74, 6) is -0.517. The molecule has 0 heterocycles. The number of rotatable bonds is 15. The maximum atomic E-state index is 11.4. The van der Waals surface area contributed by atoms with Crippen LogP contribution in [0.1, 0.15) is 84.5 Å². The van der Waals surface area contributed by atoms with Crippen molar-refractivity contribution in [3.63, 3.8) is 0 Å². The van der Waals surface area contributed by atoms with E-state index in [2.05, 4.69) is 11.1 Å². The Labute approximate surface area is 169 Å². The molecule has 0 aromatic rings. The third kappa shape index (κ3) is 20.4. The summed E-state index contributed by atoms with van der Waals surface area (Å²) in [6.07, 6.45) is 10.9. The average Bonchev–Trinajstić information content (AvgIpc) is 2.42. The summed E-state index contributed by atoms with van der Waals surface area (Å²) >= 11 is 0. The fourth-order valence-corrected chi connectivity index (χ4v) is 2.79. The van der Waals surface area contributed by atoms with Gasteiger partial charge >= 0.3 is 16.4 Å². The maximum absolute atomic E-state index is 11.4. The third-order valence-corrected chi connectivity index (χ3v) is 4.07. The predicted octanol–water partition coefficient (Wildman–Crippen LogP) is 3.67. The Balaban J connectivity index is 0. The molecule has 1 atom stereocenters. The van der Waals surface area contributed by atoms with E-state index in [1.807, 2.05) is 0 Å². The van der Waals surface area contributed by atoms with Crippen LogP contribution in [0, 0.1) is 0 Å². The van der Waals surface area contributed by atoms with E-state index < -0.39 is 22.5 Å². The number of carbonyl (C=O) groups excluding carboxylic acids is 1. The van der Waals surface area contributed by atoms with Crippen molar-refractivity contribution in [1.29, 1.82) is 0 Å². The zero-order valence-corrected chi connectivity index (χ0v) is 18.3. The molecule has 8 heteroatoms. The fraction of sp³-hybridized carbons (Fsp3) is 0.938. The molecule has 0 aliphatic rings. The first-order valence-corrected chi connectivity index (χ1v) is 10.0. The number of unbranched alkanes of at least 4 members (excludes halogenated alkanes) is 9. The summed E-state index contributed by atoms with van der Waals surface area (Å²) in [6, 6.07) is 0. The first-order chi connectivity index (χ1) is 10.8. The molecular formula is C16H32NaO6S. The van der Waals surface area contributed by atoms with Crippen LogP contribution < -0.4 is 0 Å². The van der Waals surface area contributed by atoms with Crippen molar-refractivity contribution in [2.24, 2.45) is 0 Å². The van der Waals surface area contributed by atoms with E-state index in [-0.39, 0.29) is 36.0 Å². The molecule has 0 saturated carbocycles. The molecule has 0 amide bonds. The van der Waals surface area contributed by atoms with E-state index in [1.54, 1.807) is 0 Å². The number of hydrogen-bond acceptors (Lipinski definition) is 5. The van der Waals surface area contributed by atoms with Crippen LogP contribution in [0.5, 0.6) is 0 Å². The van der Waals surface area contributed by atoms with Crippen LogP contribution in [0.3, 0.4) is 0 Å². The van der Waals surface area contributed by atoms with Gasteiger partial charge in [-0.2, -0.15) is 8.42 Å². The molecule has 1 radical (unpaired) electrons. The third-order valence-electron chi connectivity index (χ3n) is 3.50. The molecular weight excluding hydrogens is 343 g/mol. The van der Waals surface area contributed by atoms with Gasteiger partial charge in [-0.25, -0.2) is 4.18 Å². The van der Waals surface area contributed by atoms with Gasteiger partial charge in [0.05, 0.1) is 19.1 Å². The van der Waals surface area contributed by atoms with Gasteiger partial charge < -0.3 is 4.74 Å². The Hall–Kier alpha value is 0.340. The van der Waals surface area contributed by atoms with E-state index in [0.717, 1.165) is 19.3 Å². The monoisotopic (exact) mass is 375 g/mol. The molecule has 0 aromatic heterocycles. The molecule has 24 heavy (non-hydrogen) atoms. The van der Waals surface area contributed by atoms with Gasteiger partial charge in [-0.1, -0.05) is 64.7 Å². The maximum Gasteiger partial charge on any atom is 0.397 e. The molecule has 0 saturated heterocycles. The van der Waals surface area contributed by atoms with Gasteiger partial charge in [-0.15, -0.1) is 0 Å². The summed E-state index contributed by atoms with van der Waals surface area (Å²) in [5, 5.41) is 0. The molecule has 6 nitrogen and oxygen atoms in total. The minimum Gasteiger partial charge on any atom is -0.466 e. The predicted molar refractivity (Wildman–Crippen MR) is 95.3 cm³/mol. The minimum atomic E-state index is -4.52. The van der Waals surface area contributed by atoms with Gasteiger partial charge in [0, 0.05) is 29.6 Å². The summed E-state index contributed by atoms with van der Waals surface area (Å²) in [4.78, 5) is 11.4. The van der Waals surface area contributed by atoms with Gasteiger partial charge in [0.15, 0.2) is 0 Å². The van der Waals surface area contributed by atoms with Crippen molar-refractivity contribution < 1.29 is 26.7 Å². The topological polar surface area (TPSA) is 89.9 Å². The number of carbonyl (C=O) groups is 1. The van der Waals surface area contributed by atoms with Crippen molar-refractivity contribution >= 4 is 45.9 Å².